The van der Waals surface area contributed by atoms with Crippen LogP contribution in [-0.2, 0) is 9.59 Å². The average Bonchev–Trinajstić information content (AvgIpc) is 3.02. The molecule has 3 aliphatic rings. The molecule has 0 radical (unpaired) electrons. The van der Waals surface area contributed by atoms with Crippen LogP contribution in [0.3, 0.4) is 0 Å². The monoisotopic (exact) mass is 345 g/mol. The molecule has 4 rings (SSSR count). The molecule has 1 N–H and O–H groups in total. The van der Waals surface area contributed by atoms with E-state index < -0.39 is 5.92 Å². The van der Waals surface area contributed by atoms with Crippen LogP contribution in [0.5, 0.6) is 11.5 Å². The van der Waals surface area contributed by atoms with E-state index in [4.69, 9.17) is 9.47 Å². The molecule has 1 aromatic carbocycles. The van der Waals surface area contributed by atoms with Gasteiger partial charge in [-0.15, -0.1) is 0 Å². The summed E-state index contributed by atoms with van der Waals surface area (Å²) in [6.07, 6.45) is 0.558. The molecule has 2 saturated heterocycles. The van der Waals surface area contributed by atoms with Crippen LogP contribution < -0.4 is 19.7 Å². The zero-order valence-corrected chi connectivity index (χ0v) is 14.4. The van der Waals surface area contributed by atoms with Gasteiger partial charge in [0, 0.05) is 44.0 Å². The first-order chi connectivity index (χ1) is 12.1. The van der Waals surface area contributed by atoms with Gasteiger partial charge in [0.2, 0.25) is 11.8 Å². The van der Waals surface area contributed by atoms with Gasteiger partial charge in [-0.25, -0.2) is 0 Å². The minimum Gasteiger partial charge on any atom is -0.486 e. The molecule has 0 aliphatic carbocycles. The van der Waals surface area contributed by atoms with Crippen molar-refractivity contribution in [1.82, 2.24) is 10.2 Å². The number of anilines is 1. The maximum atomic E-state index is 12.9. The van der Waals surface area contributed by atoms with Crippen molar-refractivity contribution >= 4 is 17.5 Å². The maximum absolute atomic E-state index is 12.9. The van der Waals surface area contributed by atoms with Crippen molar-refractivity contribution in [3.8, 4) is 11.5 Å². The lowest BCUT2D eigenvalue weighted by Crippen LogP contribution is -2.54. The van der Waals surface area contributed by atoms with Crippen LogP contribution in [0.15, 0.2) is 18.2 Å². The Morgan fingerprint density at radius 3 is 2.80 bits per heavy atom. The number of carbonyl (C=O) groups excluding carboxylic acids is 2. The van der Waals surface area contributed by atoms with Gasteiger partial charge in [-0.1, -0.05) is 0 Å². The number of nitrogens with zero attached hydrogens (tertiary/aromatic N) is 2. The molecule has 134 valence electrons. The summed E-state index contributed by atoms with van der Waals surface area (Å²) in [5.74, 6) is 0.617. The van der Waals surface area contributed by atoms with Crippen molar-refractivity contribution < 1.29 is 19.1 Å². The Labute approximate surface area is 146 Å². The number of amides is 2. The van der Waals surface area contributed by atoms with Gasteiger partial charge in [0.1, 0.15) is 19.1 Å². The van der Waals surface area contributed by atoms with Crippen LogP contribution >= 0.6 is 0 Å². The Morgan fingerprint density at radius 1 is 1.20 bits per heavy atom. The molecule has 0 spiro atoms. The predicted octanol–water partition coefficient (Wildman–Crippen LogP) is 0.631. The number of rotatable bonds is 2. The van der Waals surface area contributed by atoms with Crippen LogP contribution in [0.4, 0.5) is 5.69 Å². The molecular formula is C18H23N3O4. The highest BCUT2D eigenvalue weighted by molar-refractivity contribution is 6.09. The molecule has 25 heavy (non-hydrogen) atoms. The summed E-state index contributed by atoms with van der Waals surface area (Å²) in [4.78, 5) is 29.2. The van der Waals surface area contributed by atoms with Gasteiger partial charge in [0.25, 0.3) is 0 Å². The summed E-state index contributed by atoms with van der Waals surface area (Å²) >= 11 is 0. The highest BCUT2D eigenvalue weighted by Gasteiger charge is 2.41. The second-order valence-electron chi connectivity index (χ2n) is 6.74. The molecule has 2 atom stereocenters. The molecular weight excluding hydrogens is 322 g/mol. The van der Waals surface area contributed by atoms with Crippen molar-refractivity contribution in [3.63, 3.8) is 0 Å². The third-order valence-corrected chi connectivity index (χ3v) is 5.13. The smallest absolute Gasteiger partial charge is 0.239 e. The largest absolute Gasteiger partial charge is 0.486 e. The minimum absolute atomic E-state index is 0.0426. The van der Waals surface area contributed by atoms with Crippen LogP contribution in [0.2, 0.25) is 0 Å². The molecule has 3 heterocycles. The zero-order valence-electron chi connectivity index (χ0n) is 14.4. The summed E-state index contributed by atoms with van der Waals surface area (Å²) < 4.78 is 11.1. The summed E-state index contributed by atoms with van der Waals surface area (Å²) in [6, 6.07) is 5.63. The molecule has 0 saturated carbocycles. The molecule has 0 bridgehead atoms. The van der Waals surface area contributed by atoms with Crippen LogP contribution in [0.25, 0.3) is 0 Å². The van der Waals surface area contributed by atoms with E-state index in [1.807, 2.05) is 30.0 Å². The van der Waals surface area contributed by atoms with E-state index in [-0.39, 0.29) is 17.9 Å². The van der Waals surface area contributed by atoms with E-state index in [0.29, 0.717) is 44.2 Å². The second kappa shape index (κ2) is 6.55. The number of hydrogen-bond acceptors (Lipinski definition) is 5. The normalized spacial score (nSPS) is 26.0. The summed E-state index contributed by atoms with van der Waals surface area (Å²) in [6.45, 7) is 5.83. The Balaban J connectivity index is 1.50. The standard InChI is InChI=1S/C18H23N3O4/c1-12-11-19-5-7-20(12)17(22)14-4-6-21(18(14)23)13-2-3-15-16(10-13)25-9-8-24-15/h2-3,10,12,14,19H,4-9,11H2,1H3/t12-,14?/m1/s1. The summed E-state index contributed by atoms with van der Waals surface area (Å²) in [5, 5.41) is 3.27. The SMILES string of the molecule is C[C@@H]1CNCCN1C(=O)C1CCN(c2ccc3c(c2)OCCO3)C1=O. The number of nitrogens with one attached hydrogen (secondary N) is 1. The summed E-state index contributed by atoms with van der Waals surface area (Å²) in [7, 11) is 0. The van der Waals surface area contributed by atoms with Crippen molar-refractivity contribution in [2.45, 2.75) is 19.4 Å². The number of fused-ring (bicyclic) bond motifs is 1. The lowest BCUT2D eigenvalue weighted by atomic mass is 10.0. The quantitative estimate of drug-likeness (QED) is 0.796. The van der Waals surface area contributed by atoms with Crippen LogP contribution in [0, 0.1) is 5.92 Å². The number of carbonyl (C=O) groups is 2. The van der Waals surface area contributed by atoms with Gasteiger partial charge in [0.05, 0.1) is 0 Å². The molecule has 2 fully saturated rings. The predicted molar refractivity (Wildman–Crippen MR) is 91.9 cm³/mol. The first-order valence-electron chi connectivity index (χ1n) is 8.87. The van der Waals surface area contributed by atoms with E-state index >= 15 is 0 Å². The van der Waals surface area contributed by atoms with Gasteiger partial charge < -0.3 is 24.6 Å². The lowest BCUT2D eigenvalue weighted by molar-refractivity contribution is -0.142. The van der Waals surface area contributed by atoms with E-state index in [1.54, 1.807) is 4.90 Å². The highest BCUT2D eigenvalue weighted by Crippen LogP contribution is 2.36. The molecule has 2 amide bonds. The molecule has 1 unspecified atom stereocenters. The number of piperazine rings is 1. The first kappa shape index (κ1) is 16.2. The fraction of sp³-hybridized carbons (Fsp3) is 0.556. The van der Waals surface area contributed by atoms with E-state index in [9.17, 15) is 9.59 Å². The van der Waals surface area contributed by atoms with Gasteiger partial charge in [-0.3, -0.25) is 9.59 Å². The Morgan fingerprint density at radius 2 is 2.00 bits per heavy atom. The average molecular weight is 345 g/mol. The van der Waals surface area contributed by atoms with Gasteiger partial charge in [-0.2, -0.15) is 0 Å². The van der Waals surface area contributed by atoms with Crippen molar-refractivity contribution in [2.75, 3.05) is 44.3 Å². The Bertz CT molecular complexity index is 693. The van der Waals surface area contributed by atoms with Gasteiger partial charge in [-0.05, 0) is 25.5 Å². The summed E-state index contributed by atoms with van der Waals surface area (Å²) in [5.41, 5.74) is 0.762. The lowest BCUT2D eigenvalue weighted by Gasteiger charge is -2.35. The third-order valence-electron chi connectivity index (χ3n) is 5.13. The van der Waals surface area contributed by atoms with E-state index in [0.717, 1.165) is 18.8 Å². The minimum atomic E-state index is -0.575. The third kappa shape index (κ3) is 2.93. The van der Waals surface area contributed by atoms with Crippen molar-refractivity contribution in [2.24, 2.45) is 5.92 Å². The number of ether oxygens (including phenoxy) is 2. The molecule has 7 heteroatoms. The van der Waals surface area contributed by atoms with Gasteiger partial charge >= 0.3 is 0 Å². The van der Waals surface area contributed by atoms with Crippen molar-refractivity contribution in [3.05, 3.63) is 18.2 Å². The Kier molecular flexibility index (Phi) is 4.25. The zero-order chi connectivity index (χ0) is 17.4. The topological polar surface area (TPSA) is 71.1 Å². The molecule has 1 aromatic rings. The van der Waals surface area contributed by atoms with Gasteiger partial charge in [0.15, 0.2) is 11.5 Å². The van der Waals surface area contributed by atoms with Crippen molar-refractivity contribution in [1.29, 1.82) is 0 Å². The molecule has 3 aliphatic heterocycles. The van der Waals surface area contributed by atoms with Crippen LogP contribution in [-0.4, -0.2) is 62.1 Å². The van der Waals surface area contributed by atoms with E-state index in [1.165, 1.54) is 0 Å². The molecule has 0 aromatic heterocycles. The fourth-order valence-corrected chi connectivity index (χ4v) is 3.73. The second-order valence-corrected chi connectivity index (χ2v) is 6.74. The fourth-order valence-electron chi connectivity index (χ4n) is 3.73. The number of benzene rings is 1. The Hall–Kier alpha value is -2.28. The molecule has 7 nitrogen and oxygen atoms in total. The maximum Gasteiger partial charge on any atom is 0.239 e. The first-order valence-corrected chi connectivity index (χ1v) is 8.87. The van der Waals surface area contributed by atoms with E-state index in [2.05, 4.69) is 5.32 Å². The van der Waals surface area contributed by atoms with Crippen LogP contribution in [0.1, 0.15) is 13.3 Å². The number of hydrogen-bond donors (Lipinski definition) is 1. The highest BCUT2D eigenvalue weighted by atomic mass is 16.6.